The number of hydrogen-bond acceptors (Lipinski definition) is 5. The monoisotopic (exact) mass is 414 g/mol. The van der Waals surface area contributed by atoms with Crippen molar-refractivity contribution in [1.29, 1.82) is 5.26 Å². The quantitative estimate of drug-likeness (QED) is 0.567. The van der Waals surface area contributed by atoms with Crippen LogP contribution in [0.5, 0.6) is 0 Å². The van der Waals surface area contributed by atoms with Crippen molar-refractivity contribution in [3.05, 3.63) is 68.2 Å². The number of carbonyl (C=O) groups excluding carboxylic acids is 1. The molecular weight excluding hydrogens is 400 g/mol. The minimum absolute atomic E-state index is 0.0265. The number of non-ortho nitro benzene ring substituents is 1. The lowest BCUT2D eigenvalue weighted by Gasteiger charge is -2.36. The predicted molar refractivity (Wildman–Crippen MR) is 100 cm³/mol. The zero-order valence-electron chi connectivity index (χ0n) is 13.8. The summed E-state index contributed by atoms with van der Waals surface area (Å²) in [6.45, 7) is 2.18. The van der Waals surface area contributed by atoms with Crippen LogP contribution in [0.15, 0.2) is 46.9 Å². The molecule has 7 nitrogen and oxygen atoms in total. The van der Waals surface area contributed by atoms with Gasteiger partial charge < -0.3 is 9.80 Å². The van der Waals surface area contributed by atoms with Gasteiger partial charge in [-0.1, -0.05) is 15.9 Å². The van der Waals surface area contributed by atoms with Crippen LogP contribution in [0.4, 0.5) is 11.4 Å². The maximum Gasteiger partial charge on any atom is 0.270 e. The van der Waals surface area contributed by atoms with Crippen molar-refractivity contribution < 1.29 is 9.72 Å². The number of anilines is 1. The molecule has 0 radical (unpaired) electrons. The number of nitro groups is 1. The molecule has 2 aromatic carbocycles. The van der Waals surface area contributed by atoms with Gasteiger partial charge in [-0.25, -0.2) is 0 Å². The Kier molecular flexibility index (Phi) is 5.19. The highest BCUT2D eigenvalue weighted by Crippen LogP contribution is 2.26. The third kappa shape index (κ3) is 3.68. The van der Waals surface area contributed by atoms with Crippen molar-refractivity contribution in [3.8, 4) is 6.07 Å². The number of halogens is 1. The first-order chi connectivity index (χ1) is 12.5. The summed E-state index contributed by atoms with van der Waals surface area (Å²) in [5, 5.41) is 20.2. The molecule has 0 unspecified atom stereocenters. The summed E-state index contributed by atoms with van der Waals surface area (Å²) in [5.41, 5.74) is 1.46. The van der Waals surface area contributed by atoms with Crippen LogP contribution in [0.1, 0.15) is 15.9 Å². The number of carbonyl (C=O) groups is 1. The van der Waals surface area contributed by atoms with E-state index in [1.54, 1.807) is 23.1 Å². The van der Waals surface area contributed by atoms with Gasteiger partial charge in [0.15, 0.2) is 0 Å². The van der Waals surface area contributed by atoms with Gasteiger partial charge >= 0.3 is 0 Å². The van der Waals surface area contributed by atoms with Crippen molar-refractivity contribution >= 4 is 33.2 Å². The Bertz CT molecular complexity index is 884. The standard InChI is InChI=1S/C18H15BrN4O3/c19-15-3-1-13(2-4-15)18(24)22-9-7-21(8-10-22)17-6-5-16(23(25)26)11-14(17)12-20/h1-6,11H,7-10H2. The first-order valence-corrected chi connectivity index (χ1v) is 8.77. The van der Waals surface area contributed by atoms with Gasteiger partial charge in [0.1, 0.15) is 6.07 Å². The molecule has 3 rings (SSSR count). The molecule has 1 amide bonds. The zero-order valence-corrected chi connectivity index (χ0v) is 15.3. The number of amides is 1. The molecule has 0 aromatic heterocycles. The average Bonchev–Trinajstić information content (AvgIpc) is 2.67. The van der Waals surface area contributed by atoms with Gasteiger partial charge in [0.2, 0.25) is 0 Å². The third-order valence-corrected chi connectivity index (χ3v) is 4.84. The van der Waals surface area contributed by atoms with Crippen molar-refractivity contribution in [1.82, 2.24) is 4.90 Å². The van der Waals surface area contributed by atoms with E-state index in [9.17, 15) is 20.2 Å². The molecule has 0 N–H and O–H groups in total. The summed E-state index contributed by atoms with van der Waals surface area (Å²) in [4.78, 5) is 26.7. The number of benzene rings is 2. The summed E-state index contributed by atoms with van der Waals surface area (Å²) in [5.74, 6) is -0.0265. The minimum atomic E-state index is -0.514. The predicted octanol–water partition coefficient (Wildman–Crippen LogP) is 3.19. The lowest BCUT2D eigenvalue weighted by atomic mass is 10.1. The van der Waals surface area contributed by atoms with Gasteiger partial charge in [-0.05, 0) is 30.3 Å². The number of nitrogens with zero attached hydrogens (tertiary/aromatic N) is 4. The smallest absolute Gasteiger partial charge is 0.270 e. The van der Waals surface area contributed by atoms with Crippen LogP contribution in [0, 0.1) is 21.4 Å². The molecular formula is C18H15BrN4O3. The van der Waals surface area contributed by atoms with E-state index in [0.717, 1.165) is 4.47 Å². The first-order valence-electron chi connectivity index (χ1n) is 7.98. The highest BCUT2D eigenvalue weighted by molar-refractivity contribution is 9.10. The maximum atomic E-state index is 12.6. The summed E-state index contributed by atoms with van der Waals surface area (Å²) < 4.78 is 0.918. The zero-order chi connectivity index (χ0) is 18.7. The second-order valence-electron chi connectivity index (χ2n) is 5.86. The normalized spacial score (nSPS) is 14.0. The van der Waals surface area contributed by atoms with Gasteiger partial charge in [0.05, 0.1) is 16.2 Å². The van der Waals surface area contributed by atoms with Crippen molar-refractivity contribution in [2.75, 3.05) is 31.1 Å². The van der Waals surface area contributed by atoms with E-state index in [-0.39, 0.29) is 17.2 Å². The Labute approximate surface area is 158 Å². The van der Waals surface area contributed by atoms with Gasteiger partial charge in [-0.3, -0.25) is 14.9 Å². The number of nitriles is 1. The number of hydrogen-bond donors (Lipinski definition) is 0. The van der Waals surface area contributed by atoms with E-state index in [1.165, 1.54) is 12.1 Å². The Hall–Kier alpha value is -2.92. The van der Waals surface area contributed by atoms with Crippen LogP contribution in [0.25, 0.3) is 0 Å². The molecule has 0 spiro atoms. The van der Waals surface area contributed by atoms with Crippen LogP contribution < -0.4 is 4.90 Å². The van der Waals surface area contributed by atoms with E-state index < -0.39 is 4.92 Å². The van der Waals surface area contributed by atoms with Crippen molar-refractivity contribution in [3.63, 3.8) is 0 Å². The fourth-order valence-electron chi connectivity index (χ4n) is 2.93. The fraction of sp³-hybridized carbons (Fsp3) is 0.222. The molecule has 1 aliphatic rings. The molecule has 0 atom stereocenters. The van der Waals surface area contributed by atoms with Crippen molar-refractivity contribution in [2.45, 2.75) is 0 Å². The summed E-state index contributed by atoms with van der Waals surface area (Å²) in [6, 6.07) is 13.5. The second kappa shape index (κ2) is 7.54. The summed E-state index contributed by atoms with van der Waals surface area (Å²) in [6.07, 6.45) is 0. The van der Waals surface area contributed by atoms with Gasteiger partial charge in [-0.2, -0.15) is 5.26 Å². The Balaban J connectivity index is 1.70. The van der Waals surface area contributed by atoms with E-state index >= 15 is 0 Å². The van der Waals surface area contributed by atoms with Gasteiger partial charge in [0, 0.05) is 48.3 Å². The molecule has 2 aromatic rings. The number of nitro benzene ring substituents is 1. The average molecular weight is 415 g/mol. The molecule has 132 valence electrons. The lowest BCUT2D eigenvalue weighted by molar-refractivity contribution is -0.384. The second-order valence-corrected chi connectivity index (χ2v) is 6.77. The summed E-state index contributed by atoms with van der Waals surface area (Å²) >= 11 is 3.35. The van der Waals surface area contributed by atoms with E-state index in [2.05, 4.69) is 15.9 Å². The third-order valence-electron chi connectivity index (χ3n) is 4.31. The Morgan fingerprint density at radius 1 is 1.12 bits per heavy atom. The Morgan fingerprint density at radius 2 is 1.77 bits per heavy atom. The first kappa shape index (κ1) is 17.9. The molecule has 26 heavy (non-hydrogen) atoms. The van der Waals surface area contributed by atoms with Gasteiger partial charge in [-0.15, -0.1) is 0 Å². The molecule has 0 saturated carbocycles. The summed E-state index contributed by atoms with van der Waals surface area (Å²) in [7, 11) is 0. The van der Waals surface area contributed by atoms with Gasteiger partial charge in [0.25, 0.3) is 11.6 Å². The van der Waals surface area contributed by atoms with E-state index in [4.69, 9.17) is 0 Å². The van der Waals surface area contributed by atoms with Crippen LogP contribution in [-0.4, -0.2) is 41.9 Å². The minimum Gasteiger partial charge on any atom is -0.367 e. The molecule has 0 aliphatic carbocycles. The molecule has 1 fully saturated rings. The number of rotatable bonds is 3. The highest BCUT2D eigenvalue weighted by atomic mass is 79.9. The molecule has 1 saturated heterocycles. The fourth-order valence-corrected chi connectivity index (χ4v) is 3.19. The van der Waals surface area contributed by atoms with Crippen molar-refractivity contribution in [2.24, 2.45) is 0 Å². The topological polar surface area (TPSA) is 90.5 Å². The SMILES string of the molecule is N#Cc1cc([N+](=O)[O-])ccc1N1CCN(C(=O)c2ccc(Br)cc2)CC1. The number of piperazine rings is 1. The van der Waals surface area contributed by atoms with E-state index in [1.807, 2.05) is 23.1 Å². The van der Waals surface area contributed by atoms with Crippen LogP contribution >= 0.6 is 15.9 Å². The van der Waals surface area contributed by atoms with Crippen LogP contribution in [-0.2, 0) is 0 Å². The van der Waals surface area contributed by atoms with Crippen LogP contribution in [0.2, 0.25) is 0 Å². The van der Waals surface area contributed by atoms with E-state index in [0.29, 0.717) is 37.4 Å². The Morgan fingerprint density at radius 3 is 2.35 bits per heavy atom. The molecule has 0 bridgehead atoms. The maximum absolute atomic E-state index is 12.6. The molecule has 1 aliphatic heterocycles. The largest absolute Gasteiger partial charge is 0.367 e. The van der Waals surface area contributed by atoms with Crippen LogP contribution in [0.3, 0.4) is 0 Å². The highest BCUT2D eigenvalue weighted by Gasteiger charge is 2.24. The molecule has 8 heteroatoms. The molecule has 1 heterocycles. The lowest BCUT2D eigenvalue weighted by Crippen LogP contribution is -2.49.